The zero-order chi connectivity index (χ0) is 20.6. The average Bonchev–Trinajstić information content (AvgIpc) is 3.54. The van der Waals surface area contributed by atoms with Gasteiger partial charge in [-0.2, -0.15) is 13.2 Å². The lowest BCUT2D eigenvalue weighted by Gasteiger charge is -2.29. The first kappa shape index (κ1) is 17.9. The van der Waals surface area contributed by atoms with Crippen LogP contribution in [0.2, 0.25) is 0 Å². The number of halogens is 4. The molecular weight excluding hydrogens is 392 g/mol. The largest absolute Gasteiger partial charge is 0.465 e. The summed E-state index contributed by atoms with van der Waals surface area (Å²) < 4.78 is 59.3. The van der Waals surface area contributed by atoms with Crippen molar-refractivity contribution in [3.8, 4) is 0 Å². The van der Waals surface area contributed by atoms with Crippen molar-refractivity contribution in [3.05, 3.63) is 59.2 Å². The molecule has 1 aliphatic heterocycles. The van der Waals surface area contributed by atoms with E-state index >= 15 is 0 Å². The molecule has 6 nitrogen and oxygen atoms in total. The van der Waals surface area contributed by atoms with Gasteiger partial charge in [0, 0.05) is 28.8 Å². The molecule has 2 fully saturated rings. The molecule has 0 bridgehead atoms. The van der Waals surface area contributed by atoms with E-state index in [-0.39, 0.29) is 28.6 Å². The number of amidine groups is 1. The second-order valence-electron chi connectivity index (χ2n) is 7.46. The number of alkyl halides is 3. The fourth-order valence-electron chi connectivity index (χ4n) is 4.43. The topological polar surface area (TPSA) is 89.6 Å². The molecule has 3 aliphatic rings. The van der Waals surface area contributed by atoms with Gasteiger partial charge in [-0.1, -0.05) is 0 Å². The molecule has 10 heteroatoms. The number of fused-ring (bicyclic) bond motifs is 1. The molecule has 1 amide bonds. The van der Waals surface area contributed by atoms with E-state index < -0.39 is 34.7 Å². The highest BCUT2D eigenvalue weighted by molar-refractivity contribution is 6.04. The van der Waals surface area contributed by atoms with Gasteiger partial charge >= 0.3 is 6.18 Å². The van der Waals surface area contributed by atoms with Crippen molar-refractivity contribution < 1.29 is 27.1 Å². The second kappa shape index (κ2) is 5.46. The molecule has 1 aromatic carbocycles. The minimum absolute atomic E-state index is 0.0278. The van der Waals surface area contributed by atoms with Gasteiger partial charge < -0.3 is 15.8 Å². The summed E-state index contributed by atoms with van der Waals surface area (Å²) >= 11 is 0. The van der Waals surface area contributed by atoms with E-state index in [0.717, 1.165) is 30.8 Å². The molecule has 2 aliphatic carbocycles. The zero-order valence-electron chi connectivity index (χ0n) is 14.8. The predicted octanol–water partition coefficient (Wildman–Crippen LogP) is 3.05. The highest BCUT2D eigenvalue weighted by Crippen LogP contribution is 2.89. The van der Waals surface area contributed by atoms with E-state index in [1.165, 1.54) is 12.1 Å². The van der Waals surface area contributed by atoms with Crippen molar-refractivity contribution in [3.63, 3.8) is 0 Å². The lowest BCUT2D eigenvalue weighted by atomic mass is 9.88. The molecule has 3 atom stereocenters. The summed E-state index contributed by atoms with van der Waals surface area (Å²) in [6.45, 7) is 0.339. The van der Waals surface area contributed by atoms with Crippen LogP contribution in [0.1, 0.15) is 28.0 Å². The standard InChI is InChI=1S/C19H14F4N4O2/c20-12-4-3-9(26-15(28)14-10(19(21,22)23)2-1-5-25-14)6-11(12)18-13-7-17(13,18)8-29-16(24)27-18/h1-6,13H,7-8H2,(H2,24,27)(H,26,28)/t13?,17?,18-/m0/s1. The Labute approximate surface area is 161 Å². The molecule has 2 unspecified atom stereocenters. The van der Waals surface area contributed by atoms with E-state index in [0.29, 0.717) is 6.61 Å². The number of hydrogen-bond acceptors (Lipinski definition) is 5. The molecule has 1 aromatic heterocycles. The number of hydrogen-bond donors (Lipinski definition) is 2. The zero-order valence-corrected chi connectivity index (χ0v) is 14.8. The number of amides is 1. The summed E-state index contributed by atoms with van der Waals surface area (Å²) in [6, 6.07) is 5.66. The van der Waals surface area contributed by atoms with Crippen LogP contribution in [0.15, 0.2) is 41.5 Å². The summed E-state index contributed by atoms with van der Waals surface area (Å²) in [5.41, 5.74) is 3.03. The molecular formula is C19H14F4N4O2. The number of carbonyl (C=O) groups excluding carboxylic acids is 1. The van der Waals surface area contributed by atoms with Gasteiger partial charge in [0.2, 0.25) is 0 Å². The minimum atomic E-state index is -4.73. The lowest BCUT2D eigenvalue weighted by molar-refractivity contribution is -0.138. The van der Waals surface area contributed by atoms with E-state index in [9.17, 15) is 22.4 Å². The van der Waals surface area contributed by atoms with Gasteiger partial charge in [-0.3, -0.25) is 9.78 Å². The molecule has 0 radical (unpaired) electrons. The highest BCUT2D eigenvalue weighted by Gasteiger charge is 2.92. The molecule has 5 rings (SSSR count). The molecule has 2 heterocycles. The van der Waals surface area contributed by atoms with Crippen LogP contribution in [0, 0.1) is 17.2 Å². The molecule has 150 valence electrons. The smallest absolute Gasteiger partial charge is 0.418 e. The third kappa shape index (κ3) is 2.37. The van der Waals surface area contributed by atoms with Crippen molar-refractivity contribution in [1.29, 1.82) is 0 Å². The maximum atomic E-state index is 14.6. The van der Waals surface area contributed by atoms with Gasteiger partial charge in [0.05, 0.1) is 5.56 Å². The normalized spacial score (nSPS) is 29.1. The molecule has 1 spiro atoms. The van der Waals surface area contributed by atoms with Gasteiger partial charge in [-0.25, -0.2) is 9.38 Å². The Morgan fingerprint density at radius 3 is 2.83 bits per heavy atom. The Morgan fingerprint density at radius 1 is 1.31 bits per heavy atom. The van der Waals surface area contributed by atoms with E-state index in [4.69, 9.17) is 10.5 Å². The Kier molecular flexibility index (Phi) is 3.37. The number of benzene rings is 1. The van der Waals surface area contributed by atoms with Crippen LogP contribution in [0.25, 0.3) is 0 Å². The molecule has 3 N–H and O–H groups in total. The van der Waals surface area contributed by atoms with Crippen LogP contribution in [0.3, 0.4) is 0 Å². The van der Waals surface area contributed by atoms with Gasteiger partial charge in [-0.05, 0) is 36.8 Å². The number of nitrogens with zero attached hydrogens (tertiary/aromatic N) is 2. The summed E-state index contributed by atoms with van der Waals surface area (Å²) in [6.07, 6.45) is -2.80. The van der Waals surface area contributed by atoms with Gasteiger partial charge in [0.25, 0.3) is 11.9 Å². The first-order valence-electron chi connectivity index (χ1n) is 8.81. The van der Waals surface area contributed by atoms with Crippen molar-refractivity contribution in [2.75, 3.05) is 11.9 Å². The first-order chi connectivity index (χ1) is 13.7. The average molecular weight is 406 g/mol. The van der Waals surface area contributed by atoms with E-state index in [1.807, 2.05) is 0 Å². The van der Waals surface area contributed by atoms with Gasteiger partial charge in [0.15, 0.2) is 0 Å². The number of carbonyl (C=O) groups is 1. The monoisotopic (exact) mass is 406 g/mol. The molecule has 2 aromatic rings. The number of rotatable bonds is 3. The van der Waals surface area contributed by atoms with E-state index in [2.05, 4.69) is 15.3 Å². The quantitative estimate of drug-likeness (QED) is 0.767. The van der Waals surface area contributed by atoms with Crippen molar-refractivity contribution in [2.45, 2.75) is 18.1 Å². The summed E-state index contributed by atoms with van der Waals surface area (Å²) in [4.78, 5) is 20.3. The fourth-order valence-corrected chi connectivity index (χ4v) is 4.43. The molecule has 29 heavy (non-hydrogen) atoms. The van der Waals surface area contributed by atoms with Crippen molar-refractivity contribution in [1.82, 2.24) is 4.98 Å². The van der Waals surface area contributed by atoms with Gasteiger partial charge in [-0.15, -0.1) is 0 Å². The summed E-state index contributed by atoms with van der Waals surface area (Å²) in [7, 11) is 0. The summed E-state index contributed by atoms with van der Waals surface area (Å²) in [5.74, 6) is -1.47. The number of anilines is 1. The second-order valence-corrected chi connectivity index (χ2v) is 7.46. The Hall–Kier alpha value is -3.17. The van der Waals surface area contributed by atoms with Crippen LogP contribution in [0.5, 0.6) is 0 Å². The third-order valence-electron chi connectivity index (χ3n) is 5.98. The van der Waals surface area contributed by atoms with Gasteiger partial charge in [0.1, 0.15) is 23.7 Å². The van der Waals surface area contributed by atoms with Crippen molar-refractivity contribution in [2.24, 2.45) is 22.1 Å². The molecule has 0 saturated heterocycles. The van der Waals surface area contributed by atoms with Crippen LogP contribution in [0.4, 0.5) is 23.2 Å². The minimum Gasteiger partial charge on any atom is -0.465 e. The number of nitrogens with one attached hydrogen (secondary N) is 1. The van der Waals surface area contributed by atoms with Crippen LogP contribution in [-0.4, -0.2) is 23.5 Å². The predicted molar refractivity (Wildman–Crippen MR) is 93.4 cm³/mol. The van der Waals surface area contributed by atoms with Crippen LogP contribution < -0.4 is 11.1 Å². The number of aromatic nitrogens is 1. The SMILES string of the molecule is NC1=N[C@@]2(c3cc(NC(=O)c4ncccc4C(F)(F)F)ccc3F)C3CC32CO1. The maximum Gasteiger partial charge on any atom is 0.418 e. The van der Waals surface area contributed by atoms with Crippen molar-refractivity contribution >= 4 is 17.6 Å². The number of nitrogens with two attached hydrogens (primary N) is 1. The Bertz CT molecular complexity index is 1090. The Balaban J connectivity index is 1.47. The van der Waals surface area contributed by atoms with Crippen LogP contribution >= 0.6 is 0 Å². The third-order valence-corrected chi connectivity index (χ3v) is 5.98. The summed E-state index contributed by atoms with van der Waals surface area (Å²) in [5, 5.41) is 2.37. The first-order valence-corrected chi connectivity index (χ1v) is 8.81. The highest BCUT2D eigenvalue weighted by atomic mass is 19.4. The number of aliphatic imine (C=N–C) groups is 1. The number of pyridine rings is 1. The lowest BCUT2D eigenvalue weighted by Crippen LogP contribution is -2.35. The Morgan fingerprint density at radius 2 is 2.10 bits per heavy atom. The van der Waals surface area contributed by atoms with Crippen LogP contribution in [-0.2, 0) is 16.5 Å². The maximum absolute atomic E-state index is 14.6. The van der Waals surface area contributed by atoms with E-state index in [1.54, 1.807) is 0 Å². The number of ether oxygens (including phenoxy) is 1. The fraction of sp³-hybridized carbons (Fsp3) is 0.316. The molecule has 2 saturated carbocycles.